The van der Waals surface area contributed by atoms with Gasteiger partial charge in [0, 0.05) is 32.1 Å². The summed E-state index contributed by atoms with van der Waals surface area (Å²) in [6.07, 6.45) is 6.25. The van der Waals surface area contributed by atoms with E-state index in [9.17, 15) is 13.6 Å². The molecule has 1 amide bonds. The number of nitrogens with one attached hydrogen (secondary N) is 1. The van der Waals surface area contributed by atoms with Crippen LogP contribution in [0.15, 0.2) is 30.5 Å². The molecule has 1 aliphatic carbocycles. The van der Waals surface area contributed by atoms with E-state index in [1.807, 2.05) is 20.8 Å². The lowest BCUT2D eigenvalue weighted by molar-refractivity contribution is -0.125. The molecular weight excluding hydrogens is 424 g/mol. The Kier molecular flexibility index (Phi) is 6.05. The van der Waals surface area contributed by atoms with Crippen LogP contribution in [0.3, 0.4) is 0 Å². The van der Waals surface area contributed by atoms with E-state index in [0.717, 1.165) is 31.1 Å². The average molecular weight is 458 g/mol. The summed E-state index contributed by atoms with van der Waals surface area (Å²) in [5.74, 6) is -1.59. The molecule has 1 fully saturated rings. The Bertz CT molecular complexity index is 1010. The van der Waals surface area contributed by atoms with Crippen LogP contribution in [0.1, 0.15) is 70.5 Å². The molecule has 2 aliphatic rings. The van der Waals surface area contributed by atoms with Crippen LogP contribution in [0.25, 0.3) is 0 Å². The summed E-state index contributed by atoms with van der Waals surface area (Å²) >= 11 is 0. The number of halogens is 2. The molecule has 6 nitrogen and oxygen atoms in total. The van der Waals surface area contributed by atoms with Crippen LogP contribution in [0.4, 0.5) is 26.2 Å². The Hall–Kier alpha value is -2.77. The highest BCUT2D eigenvalue weighted by Gasteiger charge is 2.41. The molecule has 2 heterocycles. The van der Waals surface area contributed by atoms with Crippen molar-refractivity contribution in [3.8, 4) is 0 Å². The molecule has 0 bridgehead atoms. The summed E-state index contributed by atoms with van der Waals surface area (Å²) in [5, 5.41) is 3.30. The summed E-state index contributed by atoms with van der Waals surface area (Å²) in [6.45, 7) is 7.41. The maximum Gasteiger partial charge on any atom is 0.270 e. The van der Waals surface area contributed by atoms with Crippen molar-refractivity contribution in [1.82, 2.24) is 9.97 Å². The van der Waals surface area contributed by atoms with Gasteiger partial charge in [-0.3, -0.25) is 4.79 Å². The first-order valence-electron chi connectivity index (χ1n) is 11.6. The molecule has 8 heteroatoms. The molecular formula is C25H33F2N5O. The minimum atomic E-state index is -2.86. The minimum Gasteiger partial charge on any atom is -0.351 e. The molecule has 33 heavy (non-hydrogen) atoms. The summed E-state index contributed by atoms with van der Waals surface area (Å²) in [4.78, 5) is 26.4. The highest BCUT2D eigenvalue weighted by molar-refractivity contribution is 6.00. The van der Waals surface area contributed by atoms with Gasteiger partial charge in [-0.25, -0.2) is 13.8 Å². The molecule has 1 aromatic carbocycles. The van der Waals surface area contributed by atoms with Crippen molar-refractivity contribution in [3.63, 3.8) is 0 Å². The first-order valence-corrected chi connectivity index (χ1v) is 11.6. The summed E-state index contributed by atoms with van der Waals surface area (Å²) in [5.41, 5.74) is 1.03. The minimum absolute atomic E-state index is 0.0118. The van der Waals surface area contributed by atoms with Crippen LogP contribution < -0.4 is 15.1 Å². The molecule has 0 unspecified atom stereocenters. The number of aromatic nitrogens is 2. The monoisotopic (exact) mass is 457 g/mol. The van der Waals surface area contributed by atoms with Crippen LogP contribution >= 0.6 is 0 Å². The normalized spacial score (nSPS) is 19.9. The van der Waals surface area contributed by atoms with Gasteiger partial charge in [0.1, 0.15) is 5.69 Å². The third-order valence-corrected chi connectivity index (χ3v) is 6.86. The fourth-order valence-electron chi connectivity index (χ4n) is 4.88. The van der Waals surface area contributed by atoms with Gasteiger partial charge in [0.25, 0.3) is 5.92 Å². The van der Waals surface area contributed by atoms with E-state index in [-0.39, 0.29) is 17.5 Å². The van der Waals surface area contributed by atoms with Gasteiger partial charge in [-0.1, -0.05) is 37.1 Å². The van der Waals surface area contributed by atoms with Crippen molar-refractivity contribution < 1.29 is 13.6 Å². The van der Waals surface area contributed by atoms with Crippen molar-refractivity contribution in [3.05, 3.63) is 41.6 Å². The van der Waals surface area contributed by atoms with E-state index in [1.54, 1.807) is 30.3 Å². The topological polar surface area (TPSA) is 61.4 Å². The molecule has 0 spiro atoms. The second-order valence-corrected chi connectivity index (χ2v) is 10.1. The lowest BCUT2D eigenvalue weighted by atomic mass is 9.91. The zero-order chi connectivity index (χ0) is 24.0. The molecule has 178 valence electrons. The van der Waals surface area contributed by atoms with Gasteiger partial charge >= 0.3 is 0 Å². The van der Waals surface area contributed by atoms with Crippen molar-refractivity contribution >= 4 is 23.4 Å². The Balaban J connectivity index is 1.64. The molecule has 1 saturated carbocycles. The molecule has 2 aromatic rings. The number of alkyl halides is 2. The number of fused-ring (bicyclic) bond motifs is 1. The Morgan fingerprint density at radius 2 is 1.82 bits per heavy atom. The third kappa shape index (κ3) is 4.66. The largest absolute Gasteiger partial charge is 0.351 e. The average Bonchev–Trinajstić information content (AvgIpc) is 3.28. The molecule has 1 aliphatic heterocycles. The van der Waals surface area contributed by atoms with Crippen molar-refractivity contribution in [2.45, 2.75) is 71.4 Å². The van der Waals surface area contributed by atoms with Gasteiger partial charge in [0.05, 0.1) is 17.7 Å². The van der Waals surface area contributed by atoms with Gasteiger partial charge in [-0.05, 0) is 39.2 Å². The van der Waals surface area contributed by atoms with Crippen LogP contribution in [-0.2, 0) is 10.7 Å². The van der Waals surface area contributed by atoms with Crippen LogP contribution in [0.5, 0.6) is 0 Å². The zero-order valence-corrected chi connectivity index (χ0v) is 20.0. The van der Waals surface area contributed by atoms with E-state index in [1.165, 1.54) is 25.0 Å². The second kappa shape index (κ2) is 8.54. The fraction of sp³-hybridized carbons (Fsp3) is 0.560. The number of anilines is 3. The lowest BCUT2D eigenvalue weighted by Gasteiger charge is -2.34. The second-order valence-electron chi connectivity index (χ2n) is 10.1. The molecule has 1 aromatic heterocycles. The number of benzene rings is 1. The first-order chi connectivity index (χ1) is 15.5. The zero-order valence-electron chi connectivity index (χ0n) is 20.0. The Labute approximate surface area is 194 Å². The van der Waals surface area contributed by atoms with Crippen molar-refractivity contribution in [2.75, 3.05) is 28.7 Å². The van der Waals surface area contributed by atoms with Gasteiger partial charge in [-0.15, -0.1) is 0 Å². The summed E-state index contributed by atoms with van der Waals surface area (Å²) in [7, 11) is 1.78. The van der Waals surface area contributed by atoms with E-state index in [4.69, 9.17) is 4.98 Å². The SMILES string of the molecule is C[C@H](Nc1ncc2c(n1)N(C1CCCC1)CC(C)(C)C(=O)N2C)c1ccc(C(C)(F)F)cc1. The number of nitrogens with zero attached hydrogens (tertiary/aromatic N) is 4. The van der Waals surface area contributed by atoms with Crippen molar-refractivity contribution in [1.29, 1.82) is 0 Å². The van der Waals surface area contributed by atoms with Gasteiger partial charge in [0.15, 0.2) is 5.82 Å². The van der Waals surface area contributed by atoms with Gasteiger partial charge in [0.2, 0.25) is 11.9 Å². The summed E-state index contributed by atoms with van der Waals surface area (Å²) in [6, 6.07) is 6.49. The van der Waals surface area contributed by atoms with Gasteiger partial charge < -0.3 is 15.1 Å². The Morgan fingerprint density at radius 3 is 2.42 bits per heavy atom. The van der Waals surface area contributed by atoms with Crippen LogP contribution in [-0.4, -0.2) is 35.5 Å². The third-order valence-electron chi connectivity index (χ3n) is 6.86. The van der Waals surface area contributed by atoms with E-state index < -0.39 is 11.3 Å². The number of carbonyl (C=O) groups is 1. The quantitative estimate of drug-likeness (QED) is 0.641. The number of hydrogen-bond donors (Lipinski definition) is 1. The smallest absolute Gasteiger partial charge is 0.270 e. The number of hydrogen-bond acceptors (Lipinski definition) is 5. The predicted octanol–water partition coefficient (Wildman–Crippen LogP) is 5.51. The van der Waals surface area contributed by atoms with E-state index in [0.29, 0.717) is 24.2 Å². The van der Waals surface area contributed by atoms with E-state index >= 15 is 0 Å². The predicted molar refractivity (Wildman–Crippen MR) is 127 cm³/mol. The highest BCUT2D eigenvalue weighted by Crippen LogP contribution is 2.40. The number of amides is 1. The van der Waals surface area contributed by atoms with Crippen LogP contribution in [0.2, 0.25) is 0 Å². The first kappa shape index (κ1) is 23.4. The molecule has 1 atom stereocenters. The molecule has 1 N–H and O–H groups in total. The molecule has 4 rings (SSSR count). The maximum atomic E-state index is 13.5. The molecule has 0 saturated heterocycles. The summed E-state index contributed by atoms with van der Waals surface area (Å²) < 4.78 is 27.1. The van der Waals surface area contributed by atoms with Crippen LogP contribution in [0, 0.1) is 5.41 Å². The maximum absolute atomic E-state index is 13.5. The van der Waals surface area contributed by atoms with E-state index in [2.05, 4.69) is 15.2 Å². The number of carbonyl (C=O) groups excluding carboxylic acids is 1. The fourth-order valence-corrected chi connectivity index (χ4v) is 4.88. The highest BCUT2D eigenvalue weighted by atomic mass is 19.3. The lowest BCUT2D eigenvalue weighted by Crippen LogP contribution is -2.45. The Morgan fingerprint density at radius 1 is 1.18 bits per heavy atom. The number of rotatable bonds is 5. The standard InChI is InChI=1S/C25H33F2N5O/c1-16(17-10-12-18(13-11-17)25(4,26)27)29-23-28-14-20-21(30-23)32(19-8-6-7-9-19)15-24(2,3)22(33)31(20)5/h10-14,16,19H,6-9,15H2,1-5H3,(H,28,29,30)/t16-/m0/s1. The van der Waals surface area contributed by atoms with Crippen molar-refractivity contribution in [2.24, 2.45) is 5.41 Å². The van der Waals surface area contributed by atoms with Gasteiger partial charge in [-0.2, -0.15) is 4.98 Å². The molecule has 0 radical (unpaired) electrons.